The second-order valence-electron chi connectivity index (χ2n) is 3.33. The molecule has 1 N–H and O–H groups in total. The Bertz CT molecular complexity index is 284. The number of nitrogens with zero attached hydrogens (tertiary/aromatic N) is 1. The third kappa shape index (κ3) is 4.78. The van der Waals surface area contributed by atoms with Crippen molar-refractivity contribution in [1.29, 1.82) is 0 Å². The average molecular weight is 218 g/mol. The third-order valence-electron chi connectivity index (χ3n) is 2.07. The lowest BCUT2D eigenvalue weighted by Crippen LogP contribution is -2.33. The molecular formula is C10H13F3N2. The highest BCUT2D eigenvalue weighted by Crippen LogP contribution is 2.22. The fraction of sp³-hybridized carbons (Fsp3) is 0.500. The monoisotopic (exact) mass is 218 g/mol. The van der Waals surface area contributed by atoms with Gasteiger partial charge in [0, 0.05) is 24.4 Å². The van der Waals surface area contributed by atoms with Crippen LogP contribution in [-0.2, 0) is 6.42 Å². The van der Waals surface area contributed by atoms with Crippen molar-refractivity contribution in [3.05, 3.63) is 30.1 Å². The molecule has 0 spiro atoms. The molecule has 0 fully saturated rings. The first-order valence-corrected chi connectivity index (χ1v) is 4.65. The van der Waals surface area contributed by atoms with Gasteiger partial charge in [0.2, 0.25) is 0 Å². The molecule has 1 rings (SSSR count). The molecular weight excluding hydrogens is 205 g/mol. The summed E-state index contributed by atoms with van der Waals surface area (Å²) in [6.45, 7) is 0. The summed E-state index contributed by atoms with van der Waals surface area (Å²) < 4.78 is 36.4. The Balaban J connectivity index is 2.55. The largest absolute Gasteiger partial charge is 0.390 e. The van der Waals surface area contributed by atoms with Gasteiger partial charge in [-0.3, -0.25) is 4.98 Å². The van der Waals surface area contributed by atoms with E-state index in [9.17, 15) is 13.2 Å². The van der Waals surface area contributed by atoms with Crippen molar-refractivity contribution in [2.75, 3.05) is 7.05 Å². The van der Waals surface area contributed by atoms with Gasteiger partial charge in [0.05, 0.1) is 6.42 Å². The minimum absolute atomic E-state index is 0.289. The van der Waals surface area contributed by atoms with E-state index >= 15 is 0 Å². The SMILES string of the molecule is CNC(Cc1ccccn1)CC(F)(F)F. The molecule has 1 aromatic rings. The quantitative estimate of drug-likeness (QED) is 0.837. The first-order chi connectivity index (χ1) is 7.01. The summed E-state index contributed by atoms with van der Waals surface area (Å²) in [5.74, 6) is 0. The molecule has 0 aliphatic rings. The van der Waals surface area contributed by atoms with Crippen molar-refractivity contribution in [3.63, 3.8) is 0 Å². The van der Waals surface area contributed by atoms with Gasteiger partial charge in [0.25, 0.3) is 0 Å². The Morgan fingerprint density at radius 1 is 1.40 bits per heavy atom. The molecule has 0 amide bonds. The molecule has 0 saturated heterocycles. The second-order valence-corrected chi connectivity index (χ2v) is 3.33. The van der Waals surface area contributed by atoms with E-state index < -0.39 is 18.6 Å². The second kappa shape index (κ2) is 5.11. The van der Waals surface area contributed by atoms with Crippen LogP contribution in [0.3, 0.4) is 0 Å². The lowest BCUT2D eigenvalue weighted by molar-refractivity contribution is -0.139. The summed E-state index contributed by atoms with van der Waals surface area (Å²) in [6, 6.07) is 4.62. The predicted octanol–water partition coefficient (Wildman–Crippen LogP) is 2.16. The van der Waals surface area contributed by atoms with Gasteiger partial charge in [0.1, 0.15) is 0 Å². The first-order valence-electron chi connectivity index (χ1n) is 4.65. The number of alkyl halides is 3. The number of hydrogen-bond acceptors (Lipinski definition) is 2. The Morgan fingerprint density at radius 2 is 2.13 bits per heavy atom. The fourth-order valence-electron chi connectivity index (χ4n) is 1.33. The van der Waals surface area contributed by atoms with Crippen LogP contribution >= 0.6 is 0 Å². The summed E-state index contributed by atoms with van der Waals surface area (Å²) in [6.07, 6.45) is -3.10. The standard InChI is InChI=1S/C10H13F3N2/c1-14-9(7-10(11,12)13)6-8-4-2-3-5-15-8/h2-5,9,14H,6-7H2,1H3. The van der Waals surface area contributed by atoms with E-state index in [0.29, 0.717) is 5.69 Å². The molecule has 0 aliphatic heterocycles. The minimum atomic E-state index is -4.14. The van der Waals surface area contributed by atoms with Gasteiger partial charge >= 0.3 is 6.18 Å². The number of pyridine rings is 1. The van der Waals surface area contributed by atoms with Gasteiger partial charge in [-0.1, -0.05) is 6.07 Å². The topological polar surface area (TPSA) is 24.9 Å². The predicted molar refractivity (Wildman–Crippen MR) is 51.5 cm³/mol. The molecule has 1 atom stereocenters. The average Bonchev–Trinajstić information content (AvgIpc) is 2.16. The van der Waals surface area contributed by atoms with Crippen LogP contribution in [0.2, 0.25) is 0 Å². The van der Waals surface area contributed by atoms with Gasteiger partial charge in [-0.15, -0.1) is 0 Å². The molecule has 1 heterocycles. The van der Waals surface area contributed by atoms with Crippen LogP contribution in [0, 0.1) is 0 Å². The number of hydrogen-bond donors (Lipinski definition) is 1. The van der Waals surface area contributed by atoms with Gasteiger partial charge in [-0.2, -0.15) is 13.2 Å². The maximum absolute atomic E-state index is 12.1. The van der Waals surface area contributed by atoms with E-state index in [0.717, 1.165) is 0 Å². The fourth-order valence-corrected chi connectivity index (χ4v) is 1.33. The van der Waals surface area contributed by atoms with E-state index in [4.69, 9.17) is 0 Å². The molecule has 0 saturated carbocycles. The van der Waals surface area contributed by atoms with Crippen molar-refractivity contribution in [2.24, 2.45) is 0 Å². The molecule has 1 unspecified atom stereocenters. The minimum Gasteiger partial charge on any atom is -0.316 e. The van der Waals surface area contributed by atoms with Gasteiger partial charge < -0.3 is 5.32 Å². The van der Waals surface area contributed by atoms with Crippen LogP contribution in [0.4, 0.5) is 13.2 Å². The maximum atomic E-state index is 12.1. The third-order valence-corrected chi connectivity index (χ3v) is 2.07. The summed E-state index contributed by atoms with van der Waals surface area (Å²) in [5, 5.41) is 2.65. The van der Waals surface area contributed by atoms with Crippen LogP contribution in [0.5, 0.6) is 0 Å². The smallest absolute Gasteiger partial charge is 0.316 e. The molecule has 1 aromatic heterocycles. The Hall–Kier alpha value is -1.10. The molecule has 0 aromatic carbocycles. The molecule has 84 valence electrons. The van der Waals surface area contributed by atoms with Crippen LogP contribution < -0.4 is 5.32 Å². The van der Waals surface area contributed by atoms with E-state index in [1.165, 1.54) is 7.05 Å². The van der Waals surface area contributed by atoms with Gasteiger partial charge in [-0.05, 0) is 19.2 Å². The van der Waals surface area contributed by atoms with Gasteiger partial charge in [-0.25, -0.2) is 0 Å². The van der Waals surface area contributed by atoms with Crippen LogP contribution in [0.25, 0.3) is 0 Å². The highest BCUT2D eigenvalue weighted by Gasteiger charge is 2.31. The lowest BCUT2D eigenvalue weighted by Gasteiger charge is -2.17. The number of nitrogens with one attached hydrogen (secondary N) is 1. The molecule has 2 nitrogen and oxygen atoms in total. The zero-order chi connectivity index (χ0) is 11.3. The molecule has 15 heavy (non-hydrogen) atoms. The Kier molecular flexibility index (Phi) is 4.08. The molecule has 5 heteroatoms. The van der Waals surface area contributed by atoms with E-state index in [1.807, 2.05) is 0 Å². The van der Waals surface area contributed by atoms with Gasteiger partial charge in [0.15, 0.2) is 0 Å². The summed E-state index contributed by atoms with van der Waals surface area (Å²) >= 11 is 0. The van der Waals surface area contributed by atoms with Crippen LogP contribution in [-0.4, -0.2) is 24.2 Å². The van der Waals surface area contributed by atoms with Crippen LogP contribution in [0.15, 0.2) is 24.4 Å². The first kappa shape index (κ1) is 12.0. The van der Waals surface area contributed by atoms with Crippen molar-refractivity contribution in [1.82, 2.24) is 10.3 Å². The highest BCUT2D eigenvalue weighted by molar-refractivity contribution is 5.05. The summed E-state index contributed by atoms with van der Waals surface area (Å²) in [5.41, 5.74) is 0.668. The number of halogens is 3. The Labute approximate surface area is 86.5 Å². The van der Waals surface area contributed by atoms with E-state index in [2.05, 4.69) is 10.3 Å². The highest BCUT2D eigenvalue weighted by atomic mass is 19.4. The van der Waals surface area contributed by atoms with Crippen molar-refractivity contribution >= 4 is 0 Å². The van der Waals surface area contributed by atoms with E-state index in [-0.39, 0.29) is 6.42 Å². The number of aromatic nitrogens is 1. The zero-order valence-corrected chi connectivity index (χ0v) is 8.38. The molecule has 0 aliphatic carbocycles. The zero-order valence-electron chi connectivity index (χ0n) is 8.38. The van der Waals surface area contributed by atoms with Crippen molar-refractivity contribution < 1.29 is 13.2 Å². The van der Waals surface area contributed by atoms with Crippen molar-refractivity contribution in [2.45, 2.75) is 25.1 Å². The van der Waals surface area contributed by atoms with Crippen LogP contribution in [0.1, 0.15) is 12.1 Å². The maximum Gasteiger partial charge on any atom is 0.390 e. The summed E-state index contributed by atoms with van der Waals surface area (Å²) in [4.78, 5) is 3.99. The Morgan fingerprint density at radius 3 is 2.60 bits per heavy atom. The number of likely N-dealkylation sites (N-methyl/N-ethyl adjacent to an activating group) is 1. The molecule has 0 bridgehead atoms. The number of rotatable bonds is 4. The van der Waals surface area contributed by atoms with E-state index in [1.54, 1.807) is 24.4 Å². The lowest BCUT2D eigenvalue weighted by atomic mass is 10.1. The van der Waals surface area contributed by atoms with Crippen molar-refractivity contribution in [3.8, 4) is 0 Å². The molecule has 0 radical (unpaired) electrons. The summed E-state index contributed by atoms with van der Waals surface area (Å²) in [7, 11) is 1.53. The normalized spacial score (nSPS) is 13.9.